The standard InChI is InChI=1S/C26H31N3O6S/c1-5-26(25(32)35-4)22-21(23(30)28(3)24(22)31)20(27-26)16-29(6-2)36(33,34)19-14-12-18(13-15-19)17-10-8-7-9-11-17/h7-15,20-22,27H,5-6,16H2,1-4H3/t20-,21+,22-,26-/m1/s1. The summed E-state index contributed by atoms with van der Waals surface area (Å²) in [7, 11) is -1.29. The van der Waals surface area contributed by atoms with Crippen molar-refractivity contribution >= 4 is 27.8 Å². The van der Waals surface area contributed by atoms with E-state index in [1.807, 2.05) is 30.3 Å². The van der Waals surface area contributed by atoms with Gasteiger partial charge >= 0.3 is 5.97 Å². The van der Waals surface area contributed by atoms with Crippen LogP contribution in [0.15, 0.2) is 59.5 Å². The number of nitrogens with one attached hydrogen (secondary N) is 1. The third-order valence-electron chi connectivity index (χ3n) is 7.44. The van der Waals surface area contributed by atoms with Crippen LogP contribution >= 0.6 is 0 Å². The summed E-state index contributed by atoms with van der Waals surface area (Å²) >= 11 is 0. The summed E-state index contributed by atoms with van der Waals surface area (Å²) in [4.78, 5) is 40.0. The Kier molecular flexibility index (Phi) is 7.05. The molecule has 1 N–H and O–H groups in total. The van der Waals surface area contributed by atoms with Gasteiger partial charge in [0.25, 0.3) is 0 Å². The van der Waals surface area contributed by atoms with Crippen LogP contribution in [0.4, 0.5) is 0 Å². The van der Waals surface area contributed by atoms with Gasteiger partial charge in [0.1, 0.15) is 5.54 Å². The van der Waals surface area contributed by atoms with Crippen molar-refractivity contribution in [2.45, 2.75) is 36.7 Å². The number of methoxy groups -OCH3 is 1. The predicted molar refractivity (Wildman–Crippen MR) is 133 cm³/mol. The molecule has 4 atom stereocenters. The number of carbonyl (C=O) groups excluding carboxylic acids is 3. The van der Waals surface area contributed by atoms with E-state index in [-0.39, 0.29) is 24.4 Å². The number of carbonyl (C=O) groups is 3. The zero-order valence-corrected chi connectivity index (χ0v) is 21.6. The Morgan fingerprint density at radius 1 is 1.03 bits per heavy atom. The monoisotopic (exact) mass is 513 g/mol. The lowest BCUT2D eigenvalue weighted by Gasteiger charge is -2.31. The molecule has 4 rings (SSSR count). The van der Waals surface area contributed by atoms with Crippen LogP contribution in [0.5, 0.6) is 0 Å². The minimum atomic E-state index is -3.91. The van der Waals surface area contributed by atoms with Gasteiger partial charge in [-0.05, 0) is 29.7 Å². The van der Waals surface area contributed by atoms with E-state index in [1.165, 1.54) is 18.5 Å². The van der Waals surface area contributed by atoms with Crippen LogP contribution in [0.3, 0.4) is 0 Å². The lowest BCUT2D eigenvalue weighted by molar-refractivity contribution is -0.154. The number of amides is 2. The second kappa shape index (κ2) is 9.76. The van der Waals surface area contributed by atoms with Gasteiger partial charge in [0.2, 0.25) is 21.8 Å². The largest absolute Gasteiger partial charge is 0.468 e. The minimum absolute atomic E-state index is 0.0773. The van der Waals surface area contributed by atoms with Crippen molar-refractivity contribution in [1.82, 2.24) is 14.5 Å². The Morgan fingerprint density at radius 3 is 2.19 bits per heavy atom. The van der Waals surface area contributed by atoms with Gasteiger partial charge in [-0.3, -0.25) is 24.6 Å². The number of nitrogens with zero attached hydrogens (tertiary/aromatic N) is 2. The predicted octanol–water partition coefficient (Wildman–Crippen LogP) is 1.89. The summed E-state index contributed by atoms with van der Waals surface area (Å²) in [5.41, 5.74) is 0.464. The van der Waals surface area contributed by atoms with Gasteiger partial charge in [-0.2, -0.15) is 4.31 Å². The maximum Gasteiger partial charge on any atom is 0.326 e. The van der Waals surface area contributed by atoms with Crippen LogP contribution in [0.1, 0.15) is 20.3 Å². The second-order valence-electron chi connectivity index (χ2n) is 9.15. The Morgan fingerprint density at radius 2 is 1.64 bits per heavy atom. The van der Waals surface area contributed by atoms with Crippen molar-refractivity contribution in [3.63, 3.8) is 0 Å². The van der Waals surface area contributed by atoms with E-state index < -0.39 is 51.2 Å². The van der Waals surface area contributed by atoms with Gasteiger partial charge < -0.3 is 4.74 Å². The molecule has 2 aliphatic rings. The first-order chi connectivity index (χ1) is 17.1. The normalized spacial score (nSPS) is 25.9. The number of benzene rings is 2. The van der Waals surface area contributed by atoms with E-state index in [4.69, 9.17) is 4.74 Å². The third kappa shape index (κ3) is 4.03. The zero-order chi connectivity index (χ0) is 26.3. The Balaban J connectivity index is 1.64. The molecule has 0 bridgehead atoms. The average Bonchev–Trinajstić information content (AvgIpc) is 3.36. The molecule has 0 radical (unpaired) electrons. The number of fused-ring (bicyclic) bond motifs is 1. The first-order valence-electron chi connectivity index (χ1n) is 12.0. The van der Waals surface area contributed by atoms with Crippen LogP contribution in [0, 0.1) is 11.8 Å². The number of hydrogen-bond acceptors (Lipinski definition) is 7. The Labute approximate surface area is 211 Å². The summed E-state index contributed by atoms with van der Waals surface area (Å²) in [6.45, 7) is 3.52. The van der Waals surface area contributed by atoms with Crippen molar-refractivity contribution in [3.05, 3.63) is 54.6 Å². The maximum absolute atomic E-state index is 13.6. The number of hydrogen-bond donors (Lipinski definition) is 1. The van der Waals surface area contributed by atoms with Gasteiger partial charge in [0, 0.05) is 26.2 Å². The summed E-state index contributed by atoms with van der Waals surface area (Å²) in [5.74, 6) is -3.35. The molecule has 0 saturated carbocycles. The number of likely N-dealkylation sites (N-methyl/N-ethyl adjacent to an activating group) is 1. The topological polar surface area (TPSA) is 113 Å². The molecule has 2 amide bonds. The molecule has 0 aliphatic carbocycles. The van der Waals surface area contributed by atoms with E-state index in [9.17, 15) is 22.8 Å². The highest BCUT2D eigenvalue weighted by molar-refractivity contribution is 7.89. The van der Waals surface area contributed by atoms with E-state index in [2.05, 4.69) is 5.32 Å². The fraction of sp³-hybridized carbons (Fsp3) is 0.423. The van der Waals surface area contributed by atoms with Crippen LogP contribution in [-0.2, 0) is 29.1 Å². The molecule has 2 aromatic rings. The van der Waals surface area contributed by atoms with Crippen molar-refractivity contribution in [3.8, 4) is 11.1 Å². The molecular weight excluding hydrogens is 482 g/mol. The Bertz CT molecular complexity index is 1260. The zero-order valence-electron chi connectivity index (χ0n) is 20.8. The molecule has 0 unspecified atom stereocenters. The van der Waals surface area contributed by atoms with Gasteiger partial charge in [-0.1, -0.05) is 56.3 Å². The molecule has 2 aromatic carbocycles. The number of likely N-dealkylation sites (tertiary alicyclic amines) is 1. The lowest BCUT2D eigenvalue weighted by Crippen LogP contribution is -2.58. The van der Waals surface area contributed by atoms with Crippen LogP contribution < -0.4 is 5.32 Å². The quantitative estimate of drug-likeness (QED) is 0.424. The van der Waals surface area contributed by atoms with Gasteiger partial charge in [0.05, 0.1) is 23.8 Å². The molecule has 192 valence electrons. The fourth-order valence-corrected chi connectivity index (χ4v) is 6.95. The van der Waals surface area contributed by atoms with Crippen molar-refractivity contribution in [1.29, 1.82) is 0 Å². The second-order valence-corrected chi connectivity index (χ2v) is 11.1. The number of imide groups is 1. The van der Waals surface area contributed by atoms with Gasteiger partial charge in [-0.25, -0.2) is 8.42 Å². The van der Waals surface area contributed by atoms with Crippen LogP contribution in [-0.4, -0.2) is 74.2 Å². The molecule has 2 saturated heterocycles. The molecule has 2 heterocycles. The summed E-state index contributed by atoms with van der Waals surface area (Å²) in [5, 5.41) is 3.16. The molecule has 10 heteroatoms. The van der Waals surface area contributed by atoms with Crippen molar-refractivity contribution in [2.75, 3.05) is 27.2 Å². The molecule has 36 heavy (non-hydrogen) atoms. The maximum atomic E-state index is 13.6. The van der Waals surface area contributed by atoms with Gasteiger partial charge in [0.15, 0.2) is 0 Å². The number of ether oxygens (including phenoxy) is 1. The molecule has 0 aromatic heterocycles. The van der Waals surface area contributed by atoms with Crippen molar-refractivity contribution in [2.24, 2.45) is 11.8 Å². The molecular formula is C26H31N3O6S. The SMILES string of the molecule is CCN(C[C@H]1N[C@@](CC)(C(=O)OC)[C@H]2C(=O)N(C)C(=O)[C@@H]12)S(=O)(=O)c1ccc(-c2ccccc2)cc1. The lowest BCUT2D eigenvalue weighted by atomic mass is 9.78. The minimum Gasteiger partial charge on any atom is -0.468 e. The molecule has 9 nitrogen and oxygen atoms in total. The van der Waals surface area contributed by atoms with E-state index in [0.717, 1.165) is 16.0 Å². The van der Waals surface area contributed by atoms with Crippen molar-refractivity contribution < 1.29 is 27.5 Å². The highest BCUT2D eigenvalue weighted by Gasteiger charge is 2.67. The summed E-state index contributed by atoms with van der Waals surface area (Å²) < 4.78 is 33.4. The third-order valence-corrected chi connectivity index (χ3v) is 9.39. The number of esters is 1. The van der Waals surface area contributed by atoms with E-state index in [0.29, 0.717) is 0 Å². The number of sulfonamides is 1. The first-order valence-corrected chi connectivity index (χ1v) is 13.4. The van der Waals surface area contributed by atoms with E-state index >= 15 is 0 Å². The average molecular weight is 514 g/mol. The first kappa shape index (κ1) is 26.0. The summed E-state index contributed by atoms with van der Waals surface area (Å²) in [6, 6.07) is 15.5. The Hall–Kier alpha value is -3.08. The van der Waals surface area contributed by atoms with Gasteiger partial charge in [-0.15, -0.1) is 0 Å². The summed E-state index contributed by atoms with van der Waals surface area (Å²) in [6.07, 6.45) is 0.212. The molecule has 0 spiro atoms. The van der Waals surface area contributed by atoms with Crippen LogP contribution in [0.2, 0.25) is 0 Å². The van der Waals surface area contributed by atoms with E-state index in [1.54, 1.807) is 38.1 Å². The highest BCUT2D eigenvalue weighted by Crippen LogP contribution is 2.45. The molecule has 2 fully saturated rings. The smallest absolute Gasteiger partial charge is 0.326 e. The highest BCUT2D eigenvalue weighted by atomic mass is 32.2. The fourth-order valence-electron chi connectivity index (χ4n) is 5.48. The van der Waals surface area contributed by atoms with Crippen LogP contribution in [0.25, 0.3) is 11.1 Å². The molecule has 2 aliphatic heterocycles. The number of rotatable bonds is 8.